The summed E-state index contributed by atoms with van der Waals surface area (Å²) in [7, 11) is 1.59. The summed E-state index contributed by atoms with van der Waals surface area (Å²) >= 11 is 0. The minimum Gasteiger partial charge on any atom is -0.484 e. The van der Waals surface area contributed by atoms with Crippen LogP contribution in [0.25, 0.3) is 0 Å². The third-order valence-corrected chi connectivity index (χ3v) is 3.00. The first-order valence-electron chi connectivity index (χ1n) is 7.33. The third kappa shape index (κ3) is 6.16. The van der Waals surface area contributed by atoms with Crippen LogP contribution in [0.4, 0.5) is 0 Å². The van der Waals surface area contributed by atoms with Crippen LogP contribution in [0.2, 0.25) is 0 Å². The molecule has 0 radical (unpaired) electrons. The average Bonchev–Trinajstić information content (AvgIpc) is 2.34. The summed E-state index contributed by atoms with van der Waals surface area (Å²) in [6.45, 7) is 9.58. The minimum atomic E-state index is -0.309. The van der Waals surface area contributed by atoms with Gasteiger partial charge in [0.2, 0.25) is 5.91 Å². The number of nitrogens with one attached hydrogen (secondary N) is 1. The Hall–Kier alpha value is -2.04. The van der Waals surface area contributed by atoms with Crippen LogP contribution in [0.1, 0.15) is 31.9 Å². The molecule has 0 unspecified atom stereocenters. The zero-order chi connectivity index (χ0) is 16.9. The van der Waals surface area contributed by atoms with E-state index in [2.05, 4.69) is 5.32 Å². The first-order valence-corrected chi connectivity index (χ1v) is 7.33. The molecule has 0 fully saturated rings. The summed E-state index contributed by atoms with van der Waals surface area (Å²) in [6.07, 6.45) is 0. The van der Waals surface area contributed by atoms with E-state index in [4.69, 9.17) is 4.74 Å². The van der Waals surface area contributed by atoms with E-state index in [1.807, 2.05) is 52.8 Å². The number of likely N-dealkylation sites (N-methyl/N-ethyl adjacent to an activating group) is 1. The molecular weight excluding hydrogens is 280 g/mol. The highest BCUT2D eigenvalue weighted by atomic mass is 16.5. The fourth-order valence-electron chi connectivity index (χ4n) is 1.97. The maximum atomic E-state index is 12.0. The predicted octanol–water partition coefficient (Wildman–Crippen LogP) is 2.06. The van der Waals surface area contributed by atoms with Gasteiger partial charge in [-0.1, -0.05) is 17.7 Å². The maximum absolute atomic E-state index is 12.0. The van der Waals surface area contributed by atoms with E-state index in [0.29, 0.717) is 5.75 Å². The molecule has 22 heavy (non-hydrogen) atoms. The molecule has 0 atom stereocenters. The zero-order valence-electron chi connectivity index (χ0n) is 14.3. The molecule has 1 rings (SSSR count). The topological polar surface area (TPSA) is 58.6 Å². The lowest BCUT2D eigenvalue weighted by Crippen LogP contribution is -2.47. The molecule has 5 nitrogen and oxygen atoms in total. The Morgan fingerprint density at radius 3 is 2.41 bits per heavy atom. The number of aryl methyl sites for hydroxylation is 2. The van der Waals surface area contributed by atoms with E-state index in [1.54, 1.807) is 7.05 Å². The van der Waals surface area contributed by atoms with Gasteiger partial charge < -0.3 is 15.0 Å². The van der Waals surface area contributed by atoms with Crippen LogP contribution in [0.15, 0.2) is 18.2 Å². The molecule has 2 amide bonds. The average molecular weight is 306 g/mol. The van der Waals surface area contributed by atoms with Gasteiger partial charge in [0.05, 0.1) is 6.54 Å². The van der Waals surface area contributed by atoms with E-state index in [9.17, 15) is 9.59 Å². The maximum Gasteiger partial charge on any atom is 0.260 e. The predicted molar refractivity (Wildman–Crippen MR) is 86.9 cm³/mol. The molecule has 0 saturated carbocycles. The standard InChI is InChI=1S/C17H26N2O3/c1-12-7-8-14(13(2)9-12)22-11-16(21)19(6)10-15(20)18-17(3,4)5/h7-9H,10-11H2,1-6H3,(H,18,20). The highest BCUT2D eigenvalue weighted by Gasteiger charge is 2.18. The molecule has 0 aliphatic heterocycles. The van der Waals surface area contributed by atoms with E-state index in [-0.39, 0.29) is 30.5 Å². The van der Waals surface area contributed by atoms with Crippen LogP contribution in [0.5, 0.6) is 5.75 Å². The van der Waals surface area contributed by atoms with Crippen molar-refractivity contribution in [2.45, 2.75) is 40.2 Å². The smallest absolute Gasteiger partial charge is 0.260 e. The Bertz CT molecular complexity index is 547. The van der Waals surface area contributed by atoms with Gasteiger partial charge in [-0.25, -0.2) is 0 Å². The molecule has 0 bridgehead atoms. The molecule has 1 aromatic rings. The van der Waals surface area contributed by atoms with Crippen LogP contribution < -0.4 is 10.1 Å². The summed E-state index contributed by atoms with van der Waals surface area (Å²) in [5.74, 6) is 0.269. The second kappa shape index (κ2) is 7.29. The number of hydrogen-bond donors (Lipinski definition) is 1. The number of hydrogen-bond acceptors (Lipinski definition) is 3. The van der Waals surface area contributed by atoms with Crippen molar-refractivity contribution in [3.05, 3.63) is 29.3 Å². The van der Waals surface area contributed by atoms with Crippen molar-refractivity contribution in [2.24, 2.45) is 0 Å². The fraction of sp³-hybridized carbons (Fsp3) is 0.529. The van der Waals surface area contributed by atoms with Crippen LogP contribution >= 0.6 is 0 Å². The molecule has 0 aromatic heterocycles. The lowest BCUT2D eigenvalue weighted by Gasteiger charge is -2.23. The molecule has 0 heterocycles. The summed E-state index contributed by atoms with van der Waals surface area (Å²) in [4.78, 5) is 25.2. The van der Waals surface area contributed by atoms with Crippen molar-refractivity contribution in [3.8, 4) is 5.75 Å². The number of ether oxygens (including phenoxy) is 1. The Morgan fingerprint density at radius 1 is 1.23 bits per heavy atom. The van der Waals surface area contributed by atoms with Gasteiger partial charge in [0.1, 0.15) is 5.75 Å². The second-order valence-electron chi connectivity index (χ2n) is 6.61. The third-order valence-electron chi connectivity index (χ3n) is 3.00. The fourth-order valence-corrected chi connectivity index (χ4v) is 1.97. The van der Waals surface area contributed by atoms with Gasteiger partial charge in [0, 0.05) is 12.6 Å². The zero-order valence-corrected chi connectivity index (χ0v) is 14.3. The highest BCUT2D eigenvalue weighted by molar-refractivity contribution is 5.85. The Morgan fingerprint density at radius 2 is 1.86 bits per heavy atom. The Balaban J connectivity index is 2.49. The molecule has 122 valence electrons. The normalized spacial score (nSPS) is 11.0. The summed E-state index contributed by atoms with van der Waals surface area (Å²) in [5.41, 5.74) is 1.82. The quantitative estimate of drug-likeness (QED) is 0.906. The van der Waals surface area contributed by atoms with Crippen molar-refractivity contribution < 1.29 is 14.3 Å². The highest BCUT2D eigenvalue weighted by Crippen LogP contribution is 2.18. The Labute approximate surface area is 132 Å². The molecule has 0 spiro atoms. The first kappa shape index (κ1) is 18.0. The molecule has 1 aromatic carbocycles. The summed E-state index contributed by atoms with van der Waals surface area (Å²) in [6, 6.07) is 5.79. The van der Waals surface area contributed by atoms with E-state index < -0.39 is 0 Å². The minimum absolute atomic E-state index is 0.0202. The molecule has 0 saturated heterocycles. The van der Waals surface area contributed by atoms with Gasteiger partial charge in [-0.2, -0.15) is 0 Å². The first-order chi connectivity index (χ1) is 10.1. The van der Waals surface area contributed by atoms with E-state index in [0.717, 1.165) is 11.1 Å². The Kier molecular flexibility index (Phi) is 5.97. The second-order valence-corrected chi connectivity index (χ2v) is 6.61. The van der Waals surface area contributed by atoms with Crippen molar-refractivity contribution in [2.75, 3.05) is 20.2 Å². The van der Waals surface area contributed by atoms with Crippen molar-refractivity contribution in [1.29, 1.82) is 0 Å². The van der Waals surface area contributed by atoms with Gasteiger partial charge in [0.25, 0.3) is 5.91 Å². The monoisotopic (exact) mass is 306 g/mol. The molecule has 1 N–H and O–H groups in total. The lowest BCUT2D eigenvalue weighted by molar-refractivity contribution is -0.136. The number of amides is 2. The van der Waals surface area contributed by atoms with Gasteiger partial charge >= 0.3 is 0 Å². The molecular formula is C17H26N2O3. The molecule has 0 aliphatic carbocycles. The van der Waals surface area contributed by atoms with Gasteiger partial charge in [-0.3, -0.25) is 9.59 Å². The van der Waals surface area contributed by atoms with E-state index in [1.165, 1.54) is 4.90 Å². The molecule has 5 heteroatoms. The van der Waals surface area contributed by atoms with Crippen LogP contribution in [-0.2, 0) is 9.59 Å². The number of carbonyl (C=O) groups excluding carboxylic acids is 2. The number of carbonyl (C=O) groups is 2. The van der Waals surface area contributed by atoms with Crippen molar-refractivity contribution >= 4 is 11.8 Å². The largest absolute Gasteiger partial charge is 0.484 e. The van der Waals surface area contributed by atoms with Crippen LogP contribution in [0, 0.1) is 13.8 Å². The van der Waals surface area contributed by atoms with Gasteiger partial charge in [-0.05, 0) is 46.2 Å². The summed E-state index contributed by atoms with van der Waals surface area (Å²) in [5, 5.41) is 2.82. The number of nitrogens with zero attached hydrogens (tertiary/aromatic N) is 1. The van der Waals surface area contributed by atoms with E-state index >= 15 is 0 Å². The SMILES string of the molecule is Cc1ccc(OCC(=O)N(C)CC(=O)NC(C)(C)C)c(C)c1. The number of benzene rings is 1. The van der Waals surface area contributed by atoms with Crippen LogP contribution in [-0.4, -0.2) is 42.5 Å². The van der Waals surface area contributed by atoms with Crippen molar-refractivity contribution in [1.82, 2.24) is 10.2 Å². The summed E-state index contributed by atoms with van der Waals surface area (Å²) < 4.78 is 5.53. The molecule has 0 aliphatic rings. The van der Waals surface area contributed by atoms with Gasteiger partial charge in [0.15, 0.2) is 6.61 Å². The lowest BCUT2D eigenvalue weighted by atomic mass is 10.1. The van der Waals surface area contributed by atoms with Crippen LogP contribution in [0.3, 0.4) is 0 Å². The van der Waals surface area contributed by atoms with Crippen molar-refractivity contribution in [3.63, 3.8) is 0 Å². The number of rotatable bonds is 5. The van der Waals surface area contributed by atoms with Gasteiger partial charge in [-0.15, -0.1) is 0 Å².